The minimum Gasteiger partial charge on any atom is -0.394 e. The third kappa shape index (κ3) is 7.49. The van der Waals surface area contributed by atoms with Gasteiger partial charge in [-0.2, -0.15) is 0 Å². The van der Waals surface area contributed by atoms with E-state index in [0.717, 1.165) is 0 Å². The monoisotopic (exact) mass is 728 g/mol. The summed E-state index contributed by atoms with van der Waals surface area (Å²) in [5.74, 6) is 0.604. The number of aliphatic hydroxyl groups is 5. The van der Waals surface area contributed by atoms with Crippen LogP contribution in [0.4, 0.5) is 11.6 Å². The van der Waals surface area contributed by atoms with Crippen molar-refractivity contribution in [2.45, 2.75) is 81.8 Å². The smallest absolute Gasteiger partial charge is 0.330 e. The molecule has 0 aliphatic carbocycles. The average Bonchev–Trinajstić information content (AvgIpc) is 3.97. The molecule has 8 heterocycles. The van der Waals surface area contributed by atoms with Gasteiger partial charge in [0.2, 0.25) is 0 Å². The molecule has 0 saturated carbocycles. The number of ether oxygens (including phenoxy) is 3. The highest BCUT2D eigenvalue weighted by Gasteiger charge is 2.36. The number of H-pyrrole nitrogens is 1. The second kappa shape index (κ2) is 15.7. The first-order chi connectivity index (χ1) is 25.0. The highest BCUT2D eigenvalue weighted by Crippen LogP contribution is 2.32. The van der Waals surface area contributed by atoms with Gasteiger partial charge in [-0.1, -0.05) is 0 Å². The first-order valence-electron chi connectivity index (χ1n) is 16.4. The van der Waals surface area contributed by atoms with E-state index in [9.17, 15) is 19.8 Å². The number of aromatic nitrogens is 10. The van der Waals surface area contributed by atoms with E-state index in [4.69, 9.17) is 41.0 Å². The van der Waals surface area contributed by atoms with E-state index in [0.29, 0.717) is 65.2 Å². The lowest BCUT2D eigenvalue weighted by atomic mass is 10.2. The van der Waals surface area contributed by atoms with Crippen molar-refractivity contribution in [1.29, 1.82) is 0 Å². The Bertz CT molecular complexity index is 2000. The summed E-state index contributed by atoms with van der Waals surface area (Å²) in [6, 6.07) is 0. The molecule has 22 heteroatoms. The molecule has 8 atom stereocenters. The molecule has 22 nitrogen and oxygen atoms in total. The van der Waals surface area contributed by atoms with Crippen molar-refractivity contribution in [2.75, 3.05) is 31.3 Å². The third-order valence-corrected chi connectivity index (χ3v) is 8.91. The van der Waals surface area contributed by atoms with E-state index in [1.807, 2.05) is 0 Å². The third-order valence-electron chi connectivity index (χ3n) is 8.91. The van der Waals surface area contributed by atoms with E-state index in [1.165, 1.54) is 23.4 Å². The summed E-state index contributed by atoms with van der Waals surface area (Å²) in [5.41, 5.74) is 13.1. The summed E-state index contributed by atoms with van der Waals surface area (Å²) in [7, 11) is 0. The van der Waals surface area contributed by atoms with Crippen molar-refractivity contribution in [1.82, 2.24) is 48.6 Å². The summed E-state index contributed by atoms with van der Waals surface area (Å²) >= 11 is 0. The van der Waals surface area contributed by atoms with Gasteiger partial charge in [0.1, 0.15) is 54.6 Å². The molecule has 0 amide bonds. The minimum atomic E-state index is -0.698. The molecule has 3 saturated heterocycles. The molecule has 3 aliphatic heterocycles. The predicted molar refractivity (Wildman–Crippen MR) is 179 cm³/mol. The number of nitrogen functional groups attached to an aromatic ring is 2. The number of anilines is 2. The molecule has 0 radical (unpaired) electrons. The molecule has 3 fully saturated rings. The van der Waals surface area contributed by atoms with Crippen LogP contribution in [-0.4, -0.2) is 124 Å². The van der Waals surface area contributed by atoms with Crippen LogP contribution in [-0.2, 0) is 14.2 Å². The van der Waals surface area contributed by atoms with E-state index in [2.05, 4.69) is 34.9 Å². The normalized spacial score (nSPS) is 27.0. The van der Waals surface area contributed by atoms with Crippen LogP contribution in [0.3, 0.4) is 0 Å². The SMILES string of the molecule is Cc1cn([C@H]2CC[C@@H](CO)O2)c(=O)[nH]c1=O.Nc1ncnc2c1ncn2[C@H]1C[C@H](O)[C@@H](CO)O1.Nc1ncnc2c1ncn2[C@H]1C[C@H](O)[C@@H](CO)O1. The van der Waals surface area contributed by atoms with E-state index in [1.54, 1.807) is 28.7 Å². The number of aromatic amines is 1. The Balaban J connectivity index is 0.000000134. The van der Waals surface area contributed by atoms with Crippen molar-refractivity contribution in [3.8, 4) is 0 Å². The lowest BCUT2D eigenvalue weighted by Crippen LogP contribution is -2.33. The van der Waals surface area contributed by atoms with Gasteiger partial charge in [-0.15, -0.1) is 0 Å². The van der Waals surface area contributed by atoms with Crippen LogP contribution in [0.25, 0.3) is 22.3 Å². The zero-order valence-corrected chi connectivity index (χ0v) is 27.9. The van der Waals surface area contributed by atoms with Gasteiger partial charge in [-0.05, 0) is 19.8 Å². The molecule has 0 spiro atoms. The molecular weight excluding hydrogens is 688 g/mol. The highest BCUT2D eigenvalue weighted by molar-refractivity contribution is 5.81. The summed E-state index contributed by atoms with van der Waals surface area (Å²) < 4.78 is 21.3. The van der Waals surface area contributed by atoms with Crippen LogP contribution >= 0.6 is 0 Å². The number of aliphatic hydroxyl groups excluding tert-OH is 5. The highest BCUT2D eigenvalue weighted by atomic mass is 16.5. The molecule has 52 heavy (non-hydrogen) atoms. The van der Waals surface area contributed by atoms with Gasteiger partial charge in [-0.25, -0.2) is 34.7 Å². The number of imidazole rings is 2. The first-order valence-corrected chi connectivity index (χ1v) is 16.4. The lowest BCUT2D eigenvalue weighted by molar-refractivity contribution is -0.0432. The van der Waals surface area contributed by atoms with Crippen LogP contribution in [0.5, 0.6) is 0 Å². The van der Waals surface area contributed by atoms with Gasteiger partial charge < -0.3 is 51.2 Å². The fraction of sp³-hybridized carbons (Fsp3) is 0.533. The Morgan fingerprint density at radius 1 is 0.731 bits per heavy atom. The Labute approximate surface area is 293 Å². The molecule has 0 bridgehead atoms. The zero-order valence-electron chi connectivity index (χ0n) is 27.9. The maximum Gasteiger partial charge on any atom is 0.330 e. The summed E-state index contributed by atoms with van der Waals surface area (Å²) in [6.07, 6.45) is 5.45. The van der Waals surface area contributed by atoms with Gasteiger partial charge in [0.15, 0.2) is 22.9 Å². The van der Waals surface area contributed by atoms with Crippen molar-refractivity contribution in [2.24, 2.45) is 0 Å². The van der Waals surface area contributed by atoms with E-state index >= 15 is 0 Å². The maximum atomic E-state index is 11.5. The molecule has 0 aromatic carbocycles. The Kier molecular flexibility index (Phi) is 11.2. The van der Waals surface area contributed by atoms with Crippen molar-refractivity contribution < 1.29 is 39.7 Å². The molecule has 280 valence electrons. The standard InChI is InChI=1S/2C10H13N5O3.C10H14N2O4/c2*11-9-8-10(13-3-12-9)15(4-14-8)7-1-5(17)6(2-16)18-7;1-6-4-12(10(15)11-9(6)14)8-3-2-7(5-13)16-8/h2*3-7,16-17H,1-2H2,(H2,11,12,13);4,7-8,13H,2-3,5H2,1H3,(H,11,14,15)/t2*5-,6+,7+;7-,8+/m000/s1. The quantitative estimate of drug-likeness (QED) is 0.0904. The first kappa shape index (κ1) is 36.8. The maximum absolute atomic E-state index is 11.5. The number of rotatable bonds is 6. The van der Waals surface area contributed by atoms with Gasteiger partial charge in [0, 0.05) is 24.6 Å². The zero-order chi connectivity index (χ0) is 37.1. The van der Waals surface area contributed by atoms with Gasteiger partial charge in [0.05, 0.1) is 50.8 Å². The molecule has 0 unspecified atom stereocenters. The van der Waals surface area contributed by atoms with Gasteiger partial charge >= 0.3 is 5.69 Å². The molecule has 5 aromatic rings. The topological polar surface area (TPSA) is 323 Å². The van der Waals surface area contributed by atoms with Crippen molar-refractivity contribution in [3.05, 3.63) is 57.9 Å². The fourth-order valence-electron chi connectivity index (χ4n) is 6.09. The summed E-state index contributed by atoms with van der Waals surface area (Å²) in [5, 5.41) is 46.5. The van der Waals surface area contributed by atoms with Crippen LogP contribution in [0, 0.1) is 6.92 Å². The van der Waals surface area contributed by atoms with Crippen LogP contribution in [0.1, 0.15) is 49.9 Å². The molecule has 3 aliphatic rings. The number of hydrogen-bond acceptors (Lipinski definition) is 18. The van der Waals surface area contributed by atoms with Gasteiger partial charge in [-0.3, -0.25) is 23.5 Å². The number of nitrogens with zero attached hydrogens (tertiary/aromatic N) is 9. The number of fused-ring (bicyclic) bond motifs is 2. The Morgan fingerprint density at radius 3 is 1.69 bits per heavy atom. The van der Waals surface area contributed by atoms with E-state index in [-0.39, 0.29) is 37.7 Å². The largest absolute Gasteiger partial charge is 0.394 e. The van der Waals surface area contributed by atoms with Crippen LogP contribution in [0.2, 0.25) is 0 Å². The second-order valence-electron chi connectivity index (χ2n) is 12.3. The Morgan fingerprint density at radius 2 is 1.25 bits per heavy atom. The minimum absolute atomic E-state index is 0.0480. The second-order valence-corrected chi connectivity index (χ2v) is 12.3. The van der Waals surface area contributed by atoms with E-state index < -0.39 is 42.6 Å². The molecule has 5 aromatic heterocycles. The number of nitrogens with one attached hydrogen (secondary N) is 1. The molecule has 8 rings (SSSR count). The van der Waals surface area contributed by atoms with Crippen LogP contribution in [0.15, 0.2) is 41.1 Å². The van der Waals surface area contributed by atoms with Crippen molar-refractivity contribution in [3.63, 3.8) is 0 Å². The molecular formula is C30H40N12O10. The number of aryl methyl sites for hydroxylation is 1. The average molecular weight is 729 g/mol. The Hall–Kier alpha value is -4.94. The van der Waals surface area contributed by atoms with Crippen LogP contribution < -0.4 is 22.7 Å². The fourth-order valence-corrected chi connectivity index (χ4v) is 6.09. The summed E-state index contributed by atoms with van der Waals surface area (Å²) in [4.78, 5) is 49.1. The number of hydrogen-bond donors (Lipinski definition) is 8. The predicted octanol–water partition coefficient (Wildman–Crippen LogP) is -2.39. The molecule has 10 N–H and O–H groups in total. The summed E-state index contributed by atoms with van der Waals surface area (Å²) in [6.45, 7) is 1.14. The number of nitrogens with two attached hydrogens (primary N) is 2. The lowest BCUT2D eigenvalue weighted by Gasteiger charge is -2.14. The van der Waals surface area contributed by atoms with Crippen molar-refractivity contribution >= 4 is 34.0 Å². The van der Waals surface area contributed by atoms with Gasteiger partial charge in [0.25, 0.3) is 5.56 Å².